The summed E-state index contributed by atoms with van der Waals surface area (Å²) < 4.78 is 11.0. The molecule has 1 aromatic rings. The number of rotatable bonds is 7. The molecule has 1 fully saturated rings. The van der Waals surface area contributed by atoms with Crippen LogP contribution in [0, 0.1) is 11.8 Å². The van der Waals surface area contributed by atoms with Crippen LogP contribution in [0.1, 0.15) is 32.4 Å². The molecule has 0 atom stereocenters. The average molecular weight is 279 g/mol. The summed E-state index contributed by atoms with van der Waals surface area (Å²) in [7, 11) is 0. The van der Waals surface area contributed by atoms with Crippen LogP contribution < -0.4 is 10.1 Å². The molecule has 0 spiro atoms. The van der Waals surface area contributed by atoms with Gasteiger partial charge >= 0.3 is 0 Å². The number of ether oxygens (including phenoxy) is 2. The highest BCUT2D eigenvalue weighted by molar-refractivity contribution is 5.11. The van der Waals surface area contributed by atoms with E-state index in [4.69, 9.17) is 9.47 Å². The van der Waals surface area contributed by atoms with Crippen LogP contribution in [0.2, 0.25) is 0 Å². The lowest BCUT2D eigenvalue weighted by Crippen LogP contribution is -2.22. The van der Waals surface area contributed by atoms with Gasteiger partial charge in [0.05, 0.1) is 12.3 Å². The predicted molar refractivity (Wildman–Crippen MR) is 77.6 cm³/mol. The van der Waals surface area contributed by atoms with Crippen LogP contribution in [0.25, 0.3) is 0 Å². The molecule has 0 aromatic carbocycles. The van der Waals surface area contributed by atoms with Crippen molar-refractivity contribution in [3.8, 4) is 5.88 Å². The topological polar surface area (TPSA) is 56.3 Å². The third kappa shape index (κ3) is 5.43. The number of nitrogens with zero attached hydrogens (tertiary/aromatic N) is 2. The van der Waals surface area contributed by atoms with Gasteiger partial charge in [0.2, 0.25) is 5.88 Å². The van der Waals surface area contributed by atoms with E-state index in [0.29, 0.717) is 24.3 Å². The van der Waals surface area contributed by atoms with Gasteiger partial charge in [-0.15, -0.1) is 5.10 Å². The highest BCUT2D eigenvalue weighted by Crippen LogP contribution is 2.16. The van der Waals surface area contributed by atoms with Gasteiger partial charge in [0.15, 0.2) is 0 Å². The fourth-order valence-electron chi connectivity index (χ4n) is 2.12. The molecule has 0 unspecified atom stereocenters. The molecule has 0 aliphatic carbocycles. The van der Waals surface area contributed by atoms with Gasteiger partial charge in [-0.05, 0) is 37.3 Å². The Morgan fingerprint density at radius 2 is 2.10 bits per heavy atom. The van der Waals surface area contributed by atoms with Gasteiger partial charge in [0.1, 0.15) is 0 Å². The third-order valence-electron chi connectivity index (χ3n) is 3.36. The van der Waals surface area contributed by atoms with Crippen LogP contribution in [0.5, 0.6) is 5.88 Å². The highest BCUT2D eigenvalue weighted by atomic mass is 16.5. The lowest BCUT2D eigenvalue weighted by atomic mass is 10.0. The largest absolute Gasteiger partial charge is 0.476 e. The van der Waals surface area contributed by atoms with Gasteiger partial charge in [-0.3, -0.25) is 0 Å². The van der Waals surface area contributed by atoms with E-state index in [2.05, 4.69) is 29.4 Å². The Morgan fingerprint density at radius 1 is 1.30 bits per heavy atom. The molecule has 1 aliphatic rings. The van der Waals surface area contributed by atoms with E-state index in [1.165, 1.54) is 0 Å². The van der Waals surface area contributed by atoms with E-state index in [0.717, 1.165) is 44.8 Å². The summed E-state index contributed by atoms with van der Waals surface area (Å²) in [6, 6.07) is 3.87. The molecule has 0 saturated carbocycles. The van der Waals surface area contributed by atoms with Crippen molar-refractivity contribution in [1.82, 2.24) is 15.5 Å². The number of aromatic nitrogens is 2. The van der Waals surface area contributed by atoms with E-state index in [-0.39, 0.29) is 0 Å². The third-order valence-corrected chi connectivity index (χ3v) is 3.36. The van der Waals surface area contributed by atoms with Crippen LogP contribution >= 0.6 is 0 Å². The first-order valence-corrected chi connectivity index (χ1v) is 7.48. The summed E-state index contributed by atoms with van der Waals surface area (Å²) in [5.41, 5.74) is 0.948. The molecule has 2 heterocycles. The molecule has 1 N–H and O–H groups in total. The predicted octanol–water partition coefficient (Wildman–Crippen LogP) is 2.03. The normalized spacial score (nSPS) is 16.6. The van der Waals surface area contributed by atoms with Gasteiger partial charge in [0.25, 0.3) is 0 Å². The Hall–Kier alpha value is -1.20. The van der Waals surface area contributed by atoms with Crippen molar-refractivity contribution in [3.05, 3.63) is 17.8 Å². The van der Waals surface area contributed by atoms with Gasteiger partial charge in [-0.1, -0.05) is 13.8 Å². The molecule has 1 aromatic heterocycles. The molecule has 112 valence electrons. The van der Waals surface area contributed by atoms with Gasteiger partial charge in [0, 0.05) is 25.8 Å². The van der Waals surface area contributed by atoms with E-state index < -0.39 is 0 Å². The Balaban J connectivity index is 1.70. The van der Waals surface area contributed by atoms with Crippen molar-refractivity contribution >= 4 is 0 Å². The van der Waals surface area contributed by atoms with Gasteiger partial charge in [-0.2, -0.15) is 5.10 Å². The SMILES string of the molecule is CC(C)CNCc1ccc(OCC2CCOCC2)nn1. The summed E-state index contributed by atoms with van der Waals surface area (Å²) in [5.74, 6) is 1.84. The fraction of sp³-hybridized carbons (Fsp3) is 0.733. The minimum absolute atomic E-state index is 0.581. The zero-order chi connectivity index (χ0) is 14.2. The van der Waals surface area contributed by atoms with E-state index in [9.17, 15) is 0 Å². The van der Waals surface area contributed by atoms with Crippen molar-refractivity contribution < 1.29 is 9.47 Å². The molecule has 5 heteroatoms. The van der Waals surface area contributed by atoms with Gasteiger partial charge < -0.3 is 14.8 Å². The lowest BCUT2D eigenvalue weighted by Gasteiger charge is -2.21. The van der Waals surface area contributed by atoms with Crippen LogP contribution in [-0.4, -0.2) is 36.6 Å². The maximum Gasteiger partial charge on any atom is 0.233 e. The first-order valence-electron chi connectivity index (χ1n) is 7.48. The Labute approximate surface area is 121 Å². The molecule has 0 radical (unpaired) electrons. The molecular formula is C15H25N3O2. The second-order valence-electron chi connectivity index (χ2n) is 5.75. The van der Waals surface area contributed by atoms with E-state index >= 15 is 0 Å². The molecule has 0 amide bonds. The summed E-state index contributed by atoms with van der Waals surface area (Å²) in [5, 5.41) is 11.6. The minimum atomic E-state index is 0.581. The van der Waals surface area contributed by atoms with Crippen LogP contribution in [0.15, 0.2) is 12.1 Å². The Bertz CT molecular complexity index is 375. The summed E-state index contributed by atoms with van der Waals surface area (Å²) in [6.45, 7) is 8.52. The minimum Gasteiger partial charge on any atom is -0.476 e. The molecule has 20 heavy (non-hydrogen) atoms. The number of hydrogen-bond acceptors (Lipinski definition) is 5. The standard InChI is InChI=1S/C15H25N3O2/c1-12(2)9-16-10-14-3-4-15(18-17-14)20-11-13-5-7-19-8-6-13/h3-4,12-13,16H,5-11H2,1-2H3. The summed E-state index contributed by atoms with van der Waals surface area (Å²) in [6.07, 6.45) is 2.15. The van der Waals surface area contributed by atoms with Crippen molar-refractivity contribution in [1.29, 1.82) is 0 Å². The zero-order valence-corrected chi connectivity index (χ0v) is 12.5. The van der Waals surface area contributed by atoms with Crippen molar-refractivity contribution in [2.24, 2.45) is 11.8 Å². The fourth-order valence-corrected chi connectivity index (χ4v) is 2.12. The van der Waals surface area contributed by atoms with Crippen molar-refractivity contribution in [2.45, 2.75) is 33.2 Å². The van der Waals surface area contributed by atoms with Crippen LogP contribution in [-0.2, 0) is 11.3 Å². The van der Waals surface area contributed by atoms with Gasteiger partial charge in [-0.25, -0.2) is 0 Å². The lowest BCUT2D eigenvalue weighted by molar-refractivity contribution is 0.0489. The molecule has 2 rings (SSSR count). The Morgan fingerprint density at radius 3 is 2.75 bits per heavy atom. The first kappa shape index (κ1) is 15.2. The second kappa shape index (κ2) is 8.17. The molecule has 0 bridgehead atoms. The molecule has 1 aliphatic heterocycles. The summed E-state index contributed by atoms with van der Waals surface area (Å²) >= 11 is 0. The molecule has 1 saturated heterocycles. The van der Waals surface area contributed by atoms with E-state index in [1.54, 1.807) is 0 Å². The summed E-state index contributed by atoms with van der Waals surface area (Å²) in [4.78, 5) is 0. The first-order chi connectivity index (χ1) is 9.74. The average Bonchev–Trinajstić information content (AvgIpc) is 2.47. The molecular weight excluding hydrogens is 254 g/mol. The van der Waals surface area contributed by atoms with Crippen LogP contribution in [0.4, 0.5) is 0 Å². The van der Waals surface area contributed by atoms with Crippen molar-refractivity contribution in [3.63, 3.8) is 0 Å². The maximum atomic E-state index is 5.69. The smallest absolute Gasteiger partial charge is 0.233 e. The maximum absolute atomic E-state index is 5.69. The molecule has 5 nitrogen and oxygen atoms in total. The highest BCUT2D eigenvalue weighted by Gasteiger charge is 2.14. The number of hydrogen-bond donors (Lipinski definition) is 1. The van der Waals surface area contributed by atoms with Crippen molar-refractivity contribution in [2.75, 3.05) is 26.4 Å². The quantitative estimate of drug-likeness (QED) is 0.827. The van der Waals surface area contributed by atoms with E-state index in [1.807, 2.05) is 12.1 Å². The van der Waals surface area contributed by atoms with Crippen LogP contribution in [0.3, 0.4) is 0 Å². The second-order valence-corrected chi connectivity index (χ2v) is 5.75. The number of nitrogens with one attached hydrogen (secondary N) is 1. The zero-order valence-electron chi connectivity index (χ0n) is 12.5. The Kier molecular flexibility index (Phi) is 6.21. The monoisotopic (exact) mass is 279 g/mol.